The van der Waals surface area contributed by atoms with Crippen LogP contribution in [-0.4, -0.2) is 22.1 Å². The number of rotatable bonds is 3. The Hall–Kier alpha value is -1.69. The lowest BCUT2D eigenvalue weighted by Crippen LogP contribution is -2.41. The van der Waals surface area contributed by atoms with Gasteiger partial charge >= 0.3 is 0 Å². The minimum absolute atomic E-state index is 0.168. The van der Waals surface area contributed by atoms with E-state index in [2.05, 4.69) is 34.8 Å². The monoisotopic (exact) mass is 263 g/mol. The van der Waals surface area contributed by atoms with Crippen molar-refractivity contribution in [3.8, 4) is 0 Å². The van der Waals surface area contributed by atoms with E-state index in [1.54, 1.807) is 12.1 Å². The Morgan fingerprint density at radius 1 is 1.42 bits per heavy atom. The first-order valence-corrected chi connectivity index (χ1v) is 6.61. The fourth-order valence-corrected chi connectivity index (χ4v) is 2.61. The first-order chi connectivity index (χ1) is 9.00. The number of amides is 1. The minimum Gasteiger partial charge on any atom is -0.348 e. The molecule has 6 nitrogen and oxygen atoms in total. The summed E-state index contributed by atoms with van der Waals surface area (Å²) in [4.78, 5) is 12.1. The summed E-state index contributed by atoms with van der Waals surface area (Å²) in [5.74, 6) is 5.47. The van der Waals surface area contributed by atoms with Crippen LogP contribution in [0.4, 0.5) is 5.82 Å². The molecule has 1 fully saturated rings. The molecule has 1 amide bonds. The van der Waals surface area contributed by atoms with Gasteiger partial charge in [-0.15, -0.1) is 10.2 Å². The van der Waals surface area contributed by atoms with Gasteiger partial charge < -0.3 is 10.7 Å². The SMILES string of the molecule is CC1(C)CCCC(NC(=O)c2ccc(NN)nn2)C1. The fraction of sp³-hybridized carbons (Fsp3) is 0.615. The van der Waals surface area contributed by atoms with Gasteiger partial charge in [0.15, 0.2) is 11.5 Å². The molecule has 0 saturated heterocycles. The largest absolute Gasteiger partial charge is 0.348 e. The van der Waals surface area contributed by atoms with Crippen LogP contribution in [-0.2, 0) is 0 Å². The molecule has 4 N–H and O–H groups in total. The standard InChI is InChI=1S/C13H21N5O/c1-13(2)7-3-4-9(8-13)15-12(19)10-5-6-11(16-14)18-17-10/h5-6,9H,3-4,7-8,14H2,1-2H3,(H,15,19)(H,16,18). The van der Waals surface area contributed by atoms with Crippen molar-refractivity contribution in [1.29, 1.82) is 0 Å². The van der Waals surface area contributed by atoms with Gasteiger partial charge in [0.25, 0.3) is 5.91 Å². The number of nitrogen functional groups attached to an aromatic ring is 1. The van der Waals surface area contributed by atoms with Gasteiger partial charge in [0.05, 0.1) is 0 Å². The number of nitrogens with two attached hydrogens (primary N) is 1. The van der Waals surface area contributed by atoms with Crippen LogP contribution in [0.1, 0.15) is 50.0 Å². The van der Waals surface area contributed by atoms with E-state index in [9.17, 15) is 4.79 Å². The molecule has 6 heteroatoms. The number of hydrogen-bond acceptors (Lipinski definition) is 5. The van der Waals surface area contributed by atoms with Crippen LogP contribution in [0.5, 0.6) is 0 Å². The van der Waals surface area contributed by atoms with Crippen molar-refractivity contribution in [1.82, 2.24) is 15.5 Å². The van der Waals surface area contributed by atoms with E-state index >= 15 is 0 Å². The third-order valence-electron chi connectivity index (χ3n) is 3.59. The van der Waals surface area contributed by atoms with Gasteiger partial charge in [0.1, 0.15) is 0 Å². The van der Waals surface area contributed by atoms with Crippen molar-refractivity contribution < 1.29 is 4.79 Å². The number of nitrogens with zero attached hydrogens (tertiary/aromatic N) is 2. The Balaban J connectivity index is 1.96. The Morgan fingerprint density at radius 2 is 2.21 bits per heavy atom. The number of anilines is 1. The van der Waals surface area contributed by atoms with Crippen LogP contribution in [0.25, 0.3) is 0 Å². The van der Waals surface area contributed by atoms with Crippen molar-refractivity contribution in [3.05, 3.63) is 17.8 Å². The molecule has 2 rings (SSSR count). The second kappa shape index (κ2) is 5.52. The summed E-state index contributed by atoms with van der Waals surface area (Å²) in [6.45, 7) is 4.49. The maximum absolute atomic E-state index is 12.1. The number of hydrogen-bond donors (Lipinski definition) is 3. The van der Waals surface area contributed by atoms with E-state index in [1.807, 2.05) is 0 Å². The van der Waals surface area contributed by atoms with Crippen LogP contribution in [0, 0.1) is 5.41 Å². The molecular weight excluding hydrogens is 242 g/mol. The van der Waals surface area contributed by atoms with Crippen molar-refractivity contribution in [2.45, 2.75) is 45.6 Å². The van der Waals surface area contributed by atoms with Crippen LogP contribution in [0.3, 0.4) is 0 Å². The predicted molar refractivity (Wildman–Crippen MR) is 73.3 cm³/mol. The average molecular weight is 263 g/mol. The molecule has 0 aromatic carbocycles. The topological polar surface area (TPSA) is 92.9 Å². The molecule has 104 valence electrons. The summed E-state index contributed by atoms with van der Waals surface area (Å²) in [7, 11) is 0. The van der Waals surface area contributed by atoms with Crippen molar-refractivity contribution >= 4 is 11.7 Å². The van der Waals surface area contributed by atoms with E-state index in [1.165, 1.54) is 6.42 Å². The van der Waals surface area contributed by atoms with E-state index < -0.39 is 0 Å². The van der Waals surface area contributed by atoms with E-state index in [0.29, 0.717) is 16.9 Å². The summed E-state index contributed by atoms with van der Waals surface area (Å²) in [6.07, 6.45) is 4.41. The second-order valence-electron chi connectivity index (χ2n) is 5.88. The first-order valence-electron chi connectivity index (χ1n) is 6.61. The quantitative estimate of drug-likeness (QED) is 0.567. The zero-order valence-corrected chi connectivity index (χ0v) is 11.4. The molecule has 0 bridgehead atoms. The fourth-order valence-electron chi connectivity index (χ4n) is 2.61. The zero-order chi connectivity index (χ0) is 13.9. The lowest BCUT2D eigenvalue weighted by Gasteiger charge is -2.35. The van der Waals surface area contributed by atoms with Gasteiger partial charge in [0.2, 0.25) is 0 Å². The normalized spacial score (nSPS) is 21.7. The zero-order valence-electron chi connectivity index (χ0n) is 11.4. The van der Waals surface area contributed by atoms with Gasteiger partial charge in [-0.25, -0.2) is 5.84 Å². The molecule has 1 aromatic heterocycles. The van der Waals surface area contributed by atoms with Crippen molar-refractivity contribution in [2.24, 2.45) is 11.3 Å². The van der Waals surface area contributed by atoms with Gasteiger partial charge in [-0.2, -0.15) is 0 Å². The Labute approximate surface area is 113 Å². The summed E-state index contributed by atoms with van der Waals surface area (Å²) in [5.41, 5.74) is 3.00. The highest BCUT2D eigenvalue weighted by atomic mass is 16.2. The number of aromatic nitrogens is 2. The van der Waals surface area contributed by atoms with E-state index in [0.717, 1.165) is 19.3 Å². The number of carbonyl (C=O) groups excluding carboxylic acids is 1. The molecule has 0 aliphatic heterocycles. The lowest BCUT2D eigenvalue weighted by molar-refractivity contribution is 0.0896. The summed E-state index contributed by atoms with van der Waals surface area (Å²) in [5, 5.41) is 10.7. The smallest absolute Gasteiger partial charge is 0.272 e. The summed E-state index contributed by atoms with van der Waals surface area (Å²) in [6, 6.07) is 3.48. The predicted octanol–water partition coefficient (Wildman–Crippen LogP) is 1.46. The molecular formula is C13H21N5O. The number of nitrogens with one attached hydrogen (secondary N) is 2. The van der Waals surface area contributed by atoms with Crippen LogP contribution in [0.15, 0.2) is 12.1 Å². The highest BCUT2D eigenvalue weighted by Crippen LogP contribution is 2.35. The van der Waals surface area contributed by atoms with E-state index in [-0.39, 0.29) is 11.9 Å². The van der Waals surface area contributed by atoms with Crippen molar-refractivity contribution in [3.63, 3.8) is 0 Å². The number of hydrazine groups is 1. The molecule has 1 heterocycles. The maximum atomic E-state index is 12.1. The van der Waals surface area contributed by atoms with Gasteiger partial charge in [0, 0.05) is 6.04 Å². The molecule has 1 aliphatic carbocycles. The van der Waals surface area contributed by atoms with Gasteiger partial charge in [-0.1, -0.05) is 20.3 Å². The van der Waals surface area contributed by atoms with Crippen LogP contribution in [0.2, 0.25) is 0 Å². The van der Waals surface area contributed by atoms with Crippen LogP contribution >= 0.6 is 0 Å². The molecule has 1 atom stereocenters. The van der Waals surface area contributed by atoms with Gasteiger partial charge in [-0.05, 0) is 36.8 Å². The molecule has 1 unspecified atom stereocenters. The molecule has 19 heavy (non-hydrogen) atoms. The first kappa shape index (κ1) is 13.7. The molecule has 0 radical (unpaired) electrons. The Bertz CT molecular complexity index is 443. The molecule has 1 aromatic rings. The minimum atomic E-state index is -0.168. The maximum Gasteiger partial charge on any atom is 0.272 e. The summed E-state index contributed by atoms with van der Waals surface area (Å²) < 4.78 is 0. The Morgan fingerprint density at radius 3 is 2.79 bits per heavy atom. The van der Waals surface area contributed by atoms with Gasteiger partial charge in [-0.3, -0.25) is 4.79 Å². The second-order valence-corrected chi connectivity index (χ2v) is 5.88. The molecule has 1 saturated carbocycles. The average Bonchev–Trinajstić information content (AvgIpc) is 2.37. The highest BCUT2D eigenvalue weighted by molar-refractivity contribution is 5.92. The third kappa shape index (κ3) is 3.64. The molecule has 0 spiro atoms. The lowest BCUT2D eigenvalue weighted by atomic mass is 9.75. The van der Waals surface area contributed by atoms with E-state index in [4.69, 9.17) is 5.84 Å². The summed E-state index contributed by atoms with van der Waals surface area (Å²) >= 11 is 0. The number of carbonyl (C=O) groups is 1. The van der Waals surface area contributed by atoms with Crippen LogP contribution < -0.4 is 16.6 Å². The Kier molecular flexibility index (Phi) is 3.99. The van der Waals surface area contributed by atoms with Crippen molar-refractivity contribution in [2.75, 3.05) is 5.43 Å². The molecule has 1 aliphatic rings. The highest BCUT2D eigenvalue weighted by Gasteiger charge is 2.29. The third-order valence-corrected chi connectivity index (χ3v) is 3.59.